The Hall–Kier alpha value is -1.49. The van der Waals surface area contributed by atoms with Crippen LogP contribution in [0, 0.1) is 11.6 Å². The average Bonchev–Trinajstić information content (AvgIpc) is 2.32. The fourth-order valence-corrected chi connectivity index (χ4v) is 2.21. The summed E-state index contributed by atoms with van der Waals surface area (Å²) in [5.41, 5.74) is 0.116. The smallest absolute Gasteiger partial charge is 0.325 e. The summed E-state index contributed by atoms with van der Waals surface area (Å²) < 4.78 is 27.2. The molecule has 2 unspecified atom stereocenters. The van der Waals surface area contributed by atoms with E-state index in [0.717, 1.165) is 12.1 Å². The zero-order chi connectivity index (χ0) is 12.6. The molecule has 0 radical (unpaired) electrons. The van der Waals surface area contributed by atoms with E-state index in [1.54, 1.807) is 0 Å². The monoisotopic (exact) mass is 241 g/mol. The summed E-state index contributed by atoms with van der Waals surface area (Å²) in [6.45, 7) is 1.87. The number of benzene rings is 1. The van der Waals surface area contributed by atoms with Crippen LogP contribution in [-0.4, -0.2) is 17.1 Å². The third kappa shape index (κ3) is 2.02. The standard InChI is InChI=1S/C12H13F2NO2/c1-2-6-5-7-8(13)3-4-9(14)10(7)11(15-6)12(16)17/h3-4,6,11,15H,2,5H2,1H3,(H,16,17). The maximum absolute atomic E-state index is 13.6. The Morgan fingerprint density at radius 1 is 1.47 bits per heavy atom. The van der Waals surface area contributed by atoms with Gasteiger partial charge in [0.2, 0.25) is 0 Å². The van der Waals surface area contributed by atoms with E-state index in [0.29, 0.717) is 12.8 Å². The molecule has 1 aromatic rings. The predicted octanol–water partition coefficient (Wildman–Crippen LogP) is 2.01. The number of carbonyl (C=O) groups is 1. The Labute approximate surface area is 97.5 Å². The van der Waals surface area contributed by atoms with E-state index in [9.17, 15) is 13.6 Å². The van der Waals surface area contributed by atoms with Crippen molar-refractivity contribution in [1.82, 2.24) is 5.32 Å². The molecule has 0 aliphatic carbocycles. The van der Waals surface area contributed by atoms with Crippen molar-refractivity contribution in [3.8, 4) is 0 Å². The van der Waals surface area contributed by atoms with Gasteiger partial charge in [-0.3, -0.25) is 10.1 Å². The lowest BCUT2D eigenvalue weighted by molar-refractivity contribution is -0.140. The minimum atomic E-state index is -1.19. The molecule has 2 atom stereocenters. The maximum atomic E-state index is 13.6. The number of hydrogen-bond acceptors (Lipinski definition) is 2. The van der Waals surface area contributed by atoms with Crippen molar-refractivity contribution in [1.29, 1.82) is 0 Å². The molecule has 0 bridgehead atoms. The molecule has 1 heterocycles. The summed E-state index contributed by atoms with van der Waals surface area (Å²) >= 11 is 0. The first-order valence-electron chi connectivity index (χ1n) is 5.50. The van der Waals surface area contributed by atoms with Gasteiger partial charge in [-0.05, 0) is 30.5 Å². The Bertz CT molecular complexity index is 462. The van der Waals surface area contributed by atoms with Crippen LogP contribution >= 0.6 is 0 Å². The van der Waals surface area contributed by atoms with Crippen LogP contribution in [0.4, 0.5) is 8.78 Å². The topological polar surface area (TPSA) is 49.3 Å². The molecular weight excluding hydrogens is 228 g/mol. The SMILES string of the molecule is CCC1Cc2c(F)ccc(F)c2C(C(=O)O)N1. The average molecular weight is 241 g/mol. The highest BCUT2D eigenvalue weighted by atomic mass is 19.1. The number of hydrogen-bond donors (Lipinski definition) is 2. The summed E-state index contributed by atoms with van der Waals surface area (Å²) in [5.74, 6) is -2.39. The highest BCUT2D eigenvalue weighted by Gasteiger charge is 2.34. The highest BCUT2D eigenvalue weighted by molar-refractivity contribution is 5.76. The quantitative estimate of drug-likeness (QED) is 0.832. The zero-order valence-electron chi connectivity index (χ0n) is 9.34. The van der Waals surface area contributed by atoms with Crippen molar-refractivity contribution in [3.05, 3.63) is 34.9 Å². The molecule has 1 aliphatic rings. The van der Waals surface area contributed by atoms with Gasteiger partial charge < -0.3 is 5.11 Å². The van der Waals surface area contributed by atoms with E-state index in [1.165, 1.54) is 0 Å². The number of carboxylic acids is 1. The highest BCUT2D eigenvalue weighted by Crippen LogP contribution is 2.30. The van der Waals surface area contributed by atoms with Crippen molar-refractivity contribution in [3.63, 3.8) is 0 Å². The van der Waals surface area contributed by atoms with E-state index in [1.807, 2.05) is 6.92 Å². The third-order valence-corrected chi connectivity index (χ3v) is 3.13. The van der Waals surface area contributed by atoms with Crippen LogP contribution in [0.25, 0.3) is 0 Å². The lowest BCUT2D eigenvalue weighted by Gasteiger charge is -2.30. The number of halogens is 2. The second kappa shape index (κ2) is 4.41. The molecule has 0 saturated heterocycles. The first-order chi connectivity index (χ1) is 8.04. The normalized spacial score (nSPS) is 23.2. The molecule has 17 heavy (non-hydrogen) atoms. The van der Waals surface area contributed by atoms with Crippen molar-refractivity contribution < 1.29 is 18.7 Å². The molecular formula is C12H13F2NO2. The van der Waals surface area contributed by atoms with Gasteiger partial charge in [-0.2, -0.15) is 0 Å². The Kier molecular flexibility index (Phi) is 3.11. The zero-order valence-corrected chi connectivity index (χ0v) is 9.34. The fourth-order valence-electron chi connectivity index (χ4n) is 2.21. The molecule has 5 heteroatoms. The van der Waals surface area contributed by atoms with Crippen molar-refractivity contribution in [2.75, 3.05) is 0 Å². The predicted molar refractivity (Wildman–Crippen MR) is 57.7 cm³/mol. The minimum absolute atomic E-state index is 0.0674. The number of nitrogens with one attached hydrogen (secondary N) is 1. The summed E-state index contributed by atoms with van der Waals surface area (Å²) in [7, 11) is 0. The number of rotatable bonds is 2. The van der Waals surface area contributed by atoms with Crippen LogP contribution in [0.2, 0.25) is 0 Å². The molecule has 1 aliphatic heterocycles. The summed E-state index contributed by atoms with van der Waals surface area (Å²) in [6.07, 6.45) is 0.985. The second-order valence-corrected chi connectivity index (χ2v) is 4.17. The Morgan fingerprint density at radius 3 is 2.71 bits per heavy atom. The molecule has 0 aromatic heterocycles. The van der Waals surface area contributed by atoms with E-state index in [-0.39, 0.29) is 17.2 Å². The van der Waals surface area contributed by atoms with Gasteiger partial charge >= 0.3 is 5.97 Å². The molecule has 0 saturated carbocycles. The van der Waals surface area contributed by atoms with Gasteiger partial charge in [-0.15, -0.1) is 0 Å². The van der Waals surface area contributed by atoms with E-state index in [2.05, 4.69) is 5.32 Å². The van der Waals surface area contributed by atoms with Gasteiger partial charge in [-0.25, -0.2) is 8.78 Å². The van der Waals surface area contributed by atoms with Gasteiger partial charge in [0.15, 0.2) is 0 Å². The second-order valence-electron chi connectivity index (χ2n) is 4.17. The maximum Gasteiger partial charge on any atom is 0.325 e. The summed E-state index contributed by atoms with van der Waals surface area (Å²) in [4.78, 5) is 11.1. The number of aliphatic carboxylic acids is 1. The molecule has 92 valence electrons. The number of carboxylic acid groups (broad SMARTS) is 1. The van der Waals surface area contributed by atoms with Crippen molar-refractivity contribution in [2.24, 2.45) is 0 Å². The third-order valence-electron chi connectivity index (χ3n) is 3.13. The first kappa shape index (κ1) is 12.0. The lowest BCUT2D eigenvalue weighted by atomic mass is 9.88. The minimum Gasteiger partial charge on any atom is -0.480 e. The first-order valence-corrected chi connectivity index (χ1v) is 5.50. The van der Waals surface area contributed by atoms with Gasteiger partial charge in [0, 0.05) is 11.6 Å². The van der Waals surface area contributed by atoms with Crippen molar-refractivity contribution >= 4 is 5.97 Å². The van der Waals surface area contributed by atoms with Crippen LogP contribution in [0.3, 0.4) is 0 Å². The Balaban J connectivity index is 2.55. The van der Waals surface area contributed by atoms with Crippen LogP contribution in [0.1, 0.15) is 30.5 Å². The largest absolute Gasteiger partial charge is 0.480 e. The van der Waals surface area contributed by atoms with E-state index < -0.39 is 23.6 Å². The molecule has 0 amide bonds. The van der Waals surface area contributed by atoms with Crippen molar-refractivity contribution in [2.45, 2.75) is 31.8 Å². The summed E-state index contributed by atoms with van der Waals surface area (Å²) in [5, 5.41) is 11.9. The van der Waals surface area contributed by atoms with E-state index >= 15 is 0 Å². The van der Waals surface area contributed by atoms with Crippen LogP contribution < -0.4 is 5.32 Å². The lowest BCUT2D eigenvalue weighted by Crippen LogP contribution is -2.43. The van der Waals surface area contributed by atoms with E-state index in [4.69, 9.17) is 5.11 Å². The molecule has 0 spiro atoms. The molecule has 1 aromatic carbocycles. The Morgan fingerprint density at radius 2 is 2.12 bits per heavy atom. The molecule has 2 N–H and O–H groups in total. The number of fused-ring (bicyclic) bond motifs is 1. The van der Waals surface area contributed by atoms with Crippen LogP contribution in [-0.2, 0) is 11.2 Å². The van der Waals surface area contributed by atoms with Gasteiger partial charge in [0.25, 0.3) is 0 Å². The molecule has 2 rings (SSSR count). The van der Waals surface area contributed by atoms with Gasteiger partial charge in [-0.1, -0.05) is 6.92 Å². The molecule has 3 nitrogen and oxygen atoms in total. The van der Waals surface area contributed by atoms with Crippen LogP contribution in [0.15, 0.2) is 12.1 Å². The van der Waals surface area contributed by atoms with Gasteiger partial charge in [0.05, 0.1) is 0 Å². The fraction of sp³-hybridized carbons (Fsp3) is 0.417. The molecule has 0 fully saturated rings. The van der Waals surface area contributed by atoms with Gasteiger partial charge in [0.1, 0.15) is 17.7 Å². The van der Waals surface area contributed by atoms with Crippen LogP contribution in [0.5, 0.6) is 0 Å². The summed E-state index contributed by atoms with van der Waals surface area (Å²) in [6, 6.07) is 0.711.